The molecule has 142 valence electrons. The molecule has 7 heteroatoms. The Bertz CT molecular complexity index is 1150. The molecule has 1 N–H and O–H groups in total. The Morgan fingerprint density at radius 1 is 1.14 bits per heavy atom. The minimum atomic E-state index is -0.124. The average Bonchev–Trinajstić information content (AvgIpc) is 3.27. The molecule has 0 aliphatic heterocycles. The predicted octanol–water partition coefficient (Wildman–Crippen LogP) is 6.11. The SMILES string of the molecule is CCc1ccc(-c2cn3c(CC(=O)Nc4ccc(Cl)c(Cl)c4)csc3n2)cc1. The van der Waals surface area contributed by atoms with Crippen LogP contribution in [0, 0.1) is 0 Å². The fraction of sp³-hybridized carbons (Fsp3) is 0.143. The van der Waals surface area contributed by atoms with Crippen molar-refractivity contribution in [2.24, 2.45) is 0 Å². The van der Waals surface area contributed by atoms with E-state index in [2.05, 4.69) is 41.5 Å². The third kappa shape index (κ3) is 3.92. The number of hydrogen-bond acceptors (Lipinski definition) is 3. The summed E-state index contributed by atoms with van der Waals surface area (Å²) in [7, 11) is 0. The molecule has 0 atom stereocenters. The number of fused-ring (bicyclic) bond motifs is 1. The van der Waals surface area contributed by atoms with Crippen molar-refractivity contribution < 1.29 is 4.79 Å². The molecule has 0 spiro atoms. The van der Waals surface area contributed by atoms with E-state index in [1.54, 1.807) is 18.2 Å². The van der Waals surface area contributed by atoms with Gasteiger partial charge in [-0.1, -0.05) is 54.4 Å². The first-order valence-electron chi connectivity index (χ1n) is 8.83. The minimum Gasteiger partial charge on any atom is -0.326 e. The molecule has 4 rings (SSSR count). The first kappa shape index (κ1) is 19.0. The van der Waals surface area contributed by atoms with Crippen LogP contribution in [-0.2, 0) is 17.6 Å². The second-order valence-electron chi connectivity index (χ2n) is 6.41. The summed E-state index contributed by atoms with van der Waals surface area (Å²) in [5.74, 6) is -0.124. The topological polar surface area (TPSA) is 46.4 Å². The van der Waals surface area contributed by atoms with E-state index in [0.717, 1.165) is 28.3 Å². The summed E-state index contributed by atoms with van der Waals surface area (Å²) in [6.45, 7) is 2.14. The van der Waals surface area contributed by atoms with Gasteiger partial charge in [-0.25, -0.2) is 4.98 Å². The Hall–Kier alpha value is -2.34. The molecule has 0 fully saturated rings. The van der Waals surface area contributed by atoms with Gasteiger partial charge in [0.15, 0.2) is 4.96 Å². The van der Waals surface area contributed by atoms with Gasteiger partial charge in [-0.2, -0.15) is 0 Å². The number of nitrogens with one attached hydrogen (secondary N) is 1. The van der Waals surface area contributed by atoms with Gasteiger partial charge >= 0.3 is 0 Å². The fourth-order valence-corrected chi connectivity index (χ4v) is 4.12. The number of aryl methyl sites for hydroxylation is 1. The molecule has 2 heterocycles. The second kappa shape index (κ2) is 7.95. The van der Waals surface area contributed by atoms with E-state index in [0.29, 0.717) is 15.7 Å². The van der Waals surface area contributed by atoms with Crippen LogP contribution in [-0.4, -0.2) is 15.3 Å². The van der Waals surface area contributed by atoms with E-state index in [9.17, 15) is 4.79 Å². The standard InChI is InChI=1S/C21H17Cl2N3OS/c1-2-13-3-5-14(6-4-13)19-11-26-16(12-28-21(26)25-19)10-20(27)24-15-7-8-17(22)18(23)9-15/h3-9,11-12H,2,10H2,1H3,(H,24,27). The number of benzene rings is 2. The third-order valence-electron chi connectivity index (χ3n) is 4.49. The summed E-state index contributed by atoms with van der Waals surface area (Å²) < 4.78 is 1.97. The molecule has 4 aromatic rings. The highest BCUT2D eigenvalue weighted by atomic mass is 35.5. The summed E-state index contributed by atoms with van der Waals surface area (Å²) in [6.07, 6.45) is 3.23. The zero-order chi connectivity index (χ0) is 19.7. The molecule has 4 nitrogen and oxygen atoms in total. The smallest absolute Gasteiger partial charge is 0.230 e. The lowest BCUT2D eigenvalue weighted by Crippen LogP contribution is -2.15. The van der Waals surface area contributed by atoms with Crippen molar-refractivity contribution in [1.82, 2.24) is 9.38 Å². The van der Waals surface area contributed by atoms with Crippen molar-refractivity contribution in [3.05, 3.63) is 75.3 Å². The van der Waals surface area contributed by atoms with Crippen LogP contribution >= 0.6 is 34.5 Å². The van der Waals surface area contributed by atoms with Gasteiger partial charge in [-0.3, -0.25) is 9.20 Å². The van der Waals surface area contributed by atoms with Gasteiger partial charge in [0.2, 0.25) is 5.91 Å². The number of hydrogen-bond donors (Lipinski definition) is 1. The van der Waals surface area contributed by atoms with E-state index in [-0.39, 0.29) is 12.3 Å². The molecule has 28 heavy (non-hydrogen) atoms. The number of carbonyl (C=O) groups is 1. The van der Waals surface area contributed by atoms with E-state index in [1.807, 2.05) is 16.0 Å². The Balaban J connectivity index is 1.53. The molecule has 0 aliphatic rings. The summed E-state index contributed by atoms with van der Waals surface area (Å²) in [6, 6.07) is 13.4. The maximum Gasteiger partial charge on any atom is 0.230 e. The average molecular weight is 430 g/mol. The van der Waals surface area contributed by atoms with Gasteiger partial charge in [0.05, 0.1) is 22.2 Å². The van der Waals surface area contributed by atoms with Crippen molar-refractivity contribution >= 4 is 51.1 Å². The molecule has 2 aromatic heterocycles. The van der Waals surface area contributed by atoms with Gasteiger partial charge < -0.3 is 5.32 Å². The maximum atomic E-state index is 12.5. The van der Waals surface area contributed by atoms with Crippen molar-refractivity contribution in [3.63, 3.8) is 0 Å². The lowest BCUT2D eigenvalue weighted by atomic mass is 10.1. The number of nitrogens with zero attached hydrogens (tertiary/aromatic N) is 2. The molecule has 0 aliphatic carbocycles. The van der Waals surface area contributed by atoms with Crippen LogP contribution in [0.3, 0.4) is 0 Å². The molecule has 1 amide bonds. The minimum absolute atomic E-state index is 0.124. The van der Waals surface area contributed by atoms with Crippen LogP contribution in [0.4, 0.5) is 5.69 Å². The fourth-order valence-electron chi connectivity index (χ4n) is 2.95. The molecule has 0 saturated carbocycles. The number of rotatable bonds is 5. The van der Waals surface area contributed by atoms with E-state index in [1.165, 1.54) is 16.9 Å². The van der Waals surface area contributed by atoms with Crippen LogP contribution in [0.2, 0.25) is 10.0 Å². The first-order chi connectivity index (χ1) is 13.5. The van der Waals surface area contributed by atoms with Gasteiger partial charge in [-0.05, 0) is 30.2 Å². The van der Waals surface area contributed by atoms with Crippen LogP contribution in [0.1, 0.15) is 18.2 Å². The summed E-state index contributed by atoms with van der Waals surface area (Å²) in [5, 5.41) is 5.68. The van der Waals surface area contributed by atoms with E-state index >= 15 is 0 Å². The lowest BCUT2D eigenvalue weighted by Gasteiger charge is -2.06. The van der Waals surface area contributed by atoms with Gasteiger partial charge in [0.25, 0.3) is 0 Å². The van der Waals surface area contributed by atoms with Crippen LogP contribution in [0.25, 0.3) is 16.2 Å². The molecular formula is C21H17Cl2N3OS. The zero-order valence-electron chi connectivity index (χ0n) is 15.1. The van der Waals surface area contributed by atoms with Crippen LogP contribution in [0.15, 0.2) is 54.0 Å². The Morgan fingerprint density at radius 2 is 1.93 bits per heavy atom. The molecule has 0 saturated heterocycles. The van der Waals surface area contributed by atoms with Crippen LogP contribution in [0.5, 0.6) is 0 Å². The van der Waals surface area contributed by atoms with E-state index in [4.69, 9.17) is 23.2 Å². The van der Waals surface area contributed by atoms with Crippen LogP contribution < -0.4 is 5.32 Å². The predicted molar refractivity (Wildman–Crippen MR) is 117 cm³/mol. The van der Waals surface area contributed by atoms with Crippen molar-refractivity contribution in [1.29, 1.82) is 0 Å². The first-order valence-corrected chi connectivity index (χ1v) is 10.5. The van der Waals surface area contributed by atoms with Gasteiger partial charge in [0.1, 0.15) is 0 Å². The van der Waals surface area contributed by atoms with Crippen molar-refractivity contribution in [2.75, 3.05) is 5.32 Å². The lowest BCUT2D eigenvalue weighted by molar-refractivity contribution is -0.115. The number of thiazole rings is 1. The summed E-state index contributed by atoms with van der Waals surface area (Å²) >= 11 is 13.4. The summed E-state index contributed by atoms with van der Waals surface area (Å²) in [5.41, 5.74) is 4.78. The quantitative estimate of drug-likeness (QED) is 0.415. The number of aromatic nitrogens is 2. The molecule has 2 aromatic carbocycles. The van der Waals surface area contributed by atoms with E-state index < -0.39 is 0 Å². The Kier molecular flexibility index (Phi) is 5.40. The Morgan fingerprint density at radius 3 is 2.64 bits per heavy atom. The van der Waals surface area contributed by atoms with Gasteiger partial charge in [-0.15, -0.1) is 11.3 Å². The maximum absolute atomic E-state index is 12.5. The Labute approximate surface area is 176 Å². The zero-order valence-corrected chi connectivity index (χ0v) is 17.4. The summed E-state index contributed by atoms with van der Waals surface area (Å²) in [4.78, 5) is 18.0. The third-order valence-corrected chi connectivity index (χ3v) is 6.11. The van der Waals surface area contributed by atoms with Crippen molar-refractivity contribution in [2.45, 2.75) is 19.8 Å². The normalized spacial score (nSPS) is 11.1. The molecule has 0 radical (unpaired) electrons. The highest BCUT2D eigenvalue weighted by Crippen LogP contribution is 2.26. The highest BCUT2D eigenvalue weighted by molar-refractivity contribution is 7.15. The number of anilines is 1. The highest BCUT2D eigenvalue weighted by Gasteiger charge is 2.13. The number of halogens is 2. The molecule has 0 unspecified atom stereocenters. The van der Waals surface area contributed by atoms with Crippen molar-refractivity contribution in [3.8, 4) is 11.3 Å². The monoisotopic (exact) mass is 429 g/mol. The number of amides is 1. The second-order valence-corrected chi connectivity index (χ2v) is 8.06. The molecular weight excluding hydrogens is 413 g/mol. The number of imidazole rings is 1. The molecule has 0 bridgehead atoms. The van der Waals surface area contributed by atoms with Gasteiger partial charge in [0, 0.05) is 28.5 Å². The number of carbonyl (C=O) groups excluding carboxylic acids is 1. The largest absolute Gasteiger partial charge is 0.326 e.